The van der Waals surface area contributed by atoms with Gasteiger partial charge in [-0.05, 0) is 31.5 Å². The van der Waals surface area contributed by atoms with E-state index < -0.39 is 16.9 Å². The molecule has 5 nitrogen and oxygen atoms in total. The van der Waals surface area contributed by atoms with Gasteiger partial charge in [0.15, 0.2) is 0 Å². The van der Waals surface area contributed by atoms with Gasteiger partial charge in [0.2, 0.25) is 0 Å². The molecule has 2 rings (SSSR count). The second kappa shape index (κ2) is 5.99. The van der Waals surface area contributed by atoms with Crippen LogP contribution in [-0.4, -0.2) is 14.9 Å². The van der Waals surface area contributed by atoms with E-state index in [1.807, 2.05) is 0 Å². The smallest absolute Gasteiger partial charge is 0.406 e. The third-order valence-electron chi connectivity index (χ3n) is 2.78. The Balaban J connectivity index is 2.22. The summed E-state index contributed by atoms with van der Waals surface area (Å²) in [6, 6.07) is 4.91. The fourth-order valence-corrected chi connectivity index (χ4v) is 2.60. The average molecular weight is 334 g/mol. The lowest BCUT2D eigenvalue weighted by molar-refractivity contribution is -0.274. The van der Waals surface area contributed by atoms with E-state index in [1.54, 1.807) is 13.8 Å². The summed E-state index contributed by atoms with van der Waals surface area (Å²) in [5, 5.41) is 0. The van der Waals surface area contributed by atoms with Gasteiger partial charge < -0.3 is 4.74 Å². The molecular formula is C13H13F3N2O3S. The third-order valence-corrected chi connectivity index (χ3v) is 3.93. The second-order valence-electron chi connectivity index (χ2n) is 4.84. The van der Waals surface area contributed by atoms with Crippen molar-refractivity contribution < 1.29 is 17.9 Å². The first kappa shape index (κ1) is 16.3. The van der Waals surface area contributed by atoms with Gasteiger partial charge >= 0.3 is 16.9 Å². The van der Waals surface area contributed by atoms with Crippen LogP contribution in [0.1, 0.15) is 25.5 Å². The van der Waals surface area contributed by atoms with Crippen LogP contribution in [0.5, 0.6) is 5.75 Å². The van der Waals surface area contributed by atoms with Gasteiger partial charge in [-0.1, -0.05) is 12.1 Å². The highest BCUT2D eigenvalue weighted by Gasteiger charge is 2.30. The summed E-state index contributed by atoms with van der Waals surface area (Å²) in [4.78, 5) is 23.5. The van der Waals surface area contributed by atoms with Crippen molar-refractivity contribution >= 4 is 11.5 Å². The minimum atomic E-state index is -4.75. The van der Waals surface area contributed by atoms with Gasteiger partial charge in [0.1, 0.15) is 5.75 Å². The summed E-state index contributed by atoms with van der Waals surface area (Å²) in [6.07, 6.45) is -4.75. The van der Waals surface area contributed by atoms with Crippen molar-refractivity contribution in [3.8, 4) is 5.75 Å². The van der Waals surface area contributed by atoms with Crippen LogP contribution in [0.25, 0.3) is 0 Å². The quantitative estimate of drug-likeness (QED) is 0.864. The molecule has 1 aromatic heterocycles. The maximum atomic E-state index is 12.1. The Morgan fingerprint density at radius 2 is 1.77 bits per heavy atom. The van der Waals surface area contributed by atoms with E-state index in [0.717, 1.165) is 28.2 Å². The van der Waals surface area contributed by atoms with Crippen LogP contribution < -0.4 is 15.3 Å². The molecule has 22 heavy (non-hydrogen) atoms. The van der Waals surface area contributed by atoms with Gasteiger partial charge in [-0.3, -0.25) is 4.79 Å². The summed E-state index contributed by atoms with van der Waals surface area (Å²) in [7, 11) is 0. The molecule has 1 aromatic carbocycles. The van der Waals surface area contributed by atoms with Gasteiger partial charge in [-0.15, -0.1) is 13.2 Å². The van der Waals surface area contributed by atoms with Gasteiger partial charge in [0.25, 0.3) is 0 Å². The zero-order chi connectivity index (χ0) is 16.5. The molecule has 0 aliphatic carbocycles. The zero-order valence-corrected chi connectivity index (χ0v) is 12.6. The van der Waals surface area contributed by atoms with E-state index in [-0.39, 0.29) is 18.3 Å². The summed E-state index contributed by atoms with van der Waals surface area (Å²) >= 11 is 0.817. The topological polar surface area (TPSA) is 53.2 Å². The molecule has 9 heteroatoms. The van der Waals surface area contributed by atoms with Crippen LogP contribution in [0, 0.1) is 0 Å². The van der Waals surface area contributed by atoms with Gasteiger partial charge in [-0.2, -0.15) is 0 Å². The minimum absolute atomic E-state index is 0.000183. The van der Waals surface area contributed by atoms with Crippen LogP contribution in [0.4, 0.5) is 13.2 Å². The molecule has 2 aromatic rings. The molecule has 0 unspecified atom stereocenters. The van der Waals surface area contributed by atoms with Crippen molar-refractivity contribution in [2.75, 3.05) is 0 Å². The highest BCUT2D eigenvalue weighted by Crippen LogP contribution is 2.22. The number of nitrogens with zero attached hydrogens (tertiary/aromatic N) is 2. The molecular weight excluding hydrogens is 321 g/mol. The normalized spacial score (nSPS) is 11.9. The molecule has 120 valence electrons. The van der Waals surface area contributed by atoms with Gasteiger partial charge in [0.05, 0.1) is 6.54 Å². The fourth-order valence-electron chi connectivity index (χ4n) is 1.81. The van der Waals surface area contributed by atoms with Crippen LogP contribution >= 0.6 is 11.5 Å². The highest BCUT2D eigenvalue weighted by molar-refractivity contribution is 7.03. The first-order chi connectivity index (χ1) is 10.2. The van der Waals surface area contributed by atoms with Crippen molar-refractivity contribution in [1.82, 2.24) is 8.52 Å². The predicted octanol–water partition coefficient (Wildman–Crippen LogP) is 2.60. The first-order valence-corrected chi connectivity index (χ1v) is 7.12. The van der Waals surface area contributed by atoms with E-state index in [4.69, 9.17) is 0 Å². The van der Waals surface area contributed by atoms with E-state index in [9.17, 15) is 22.8 Å². The standard InChI is InChI=1S/C13H13F3N2O3S/c1-8(2)18-11(19)17(12(20)22-18)7-9-3-5-10(6-4-9)21-13(14,15)16/h3-6,8H,7H2,1-2H3. The number of rotatable bonds is 4. The van der Waals surface area contributed by atoms with Gasteiger partial charge in [0, 0.05) is 17.6 Å². The maximum Gasteiger partial charge on any atom is 0.573 e. The van der Waals surface area contributed by atoms with E-state index in [2.05, 4.69) is 4.74 Å². The average Bonchev–Trinajstić information content (AvgIpc) is 2.67. The number of alkyl halides is 3. The van der Waals surface area contributed by atoms with Crippen molar-refractivity contribution in [2.45, 2.75) is 32.8 Å². The van der Waals surface area contributed by atoms with Crippen LogP contribution in [0.3, 0.4) is 0 Å². The highest BCUT2D eigenvalue weighted by atomic mass is 32.1. The number of ether oxygens (including phenoxy) is 1. The van der Waals surface area contributed by atoms with Crippen molar-refractivity contribution in [2.24, 2.45) is 0 Å². The molecule has 0 aliphatic heterocycles. The molecule has 0 N–H and O–H groups in total. The van der Waals surface area contributed by atoms with E-state index in [1.165, 1.54) is 16.1 Å². The Kier molecular flexibility index (Phi) is 4.45. The van der Waals surface area contributed by atoms with Gasteiger partial charge in [-0.25, -0.2) is 13.3 Å². The lowest BCUT2D eigenvalue weighted by Crippen LogP contribution is -2.29. The Labute approximate surface area is 127 Å². The van der Waals surface area contributed by atoms with E-state index in [0.29, 0.717) is 5.56 Å². The van der Waals surface area contributed by atoms with Crippen LogP contribution in [0.15, 0.2) is 33.9 Å². The fraction of sp³-hybridized carbons (Fsp3) is 0.385. The number of hydrogen-bond donors (Lipinski definition) is 0. The monoisotopic (exact) mass is 334 g/mol. The Morgan fingerprint density at radius 3 is 2.23 bits per heavy atom. The van der Waals surface area contributed by atoms with Crippen LogP contribution in [-0.2, 0) is 6.54 Å². The SMILES string of the molecule is CC(C)n1sc(=O)n(Cc2ccc(OC(F)(F)F)cc2)c1=O. The van der Waals surface area contributed by atoms with Crippen molar-refractivity contribution in [3.63, 3.8) is 0 Å². The van der Waals surface area contributed by atoms with Crippen LogP contribution in [0.2, 0.25) is 0 Å². The molecule has 0 saturated carbocycles. The lowest BCUT2D eigenvalue weighted by atomic mass is 10.2. The number of aromatic nitrogens is 2. The first-order valence-electron chi connectivity index (χ1n) is 6.35. The maximum absolute atomic E-state index is 12.1. The number of benzene rings is 1. The molecule has 0 bridgehead atoms. The summed E-state index contributed by atoms with van der Waals surface area (Å²) in [5.74, 6) is -0.353. The second-order valence-corrected chi connectivity index (χ2v) is 5.76. The Morgan fingerprint density at radius 1 is 1.18 bits per heavy atom. The van der Waals surface area contributed by atoms with Crippen molar-refractivity contribution in [3.05, 3.63) is 50.0 Å². The molecule has 0 fully saturated rings. The molecule has 0 aliphatic rings. The molecule has 0 spiro atoms. The van der Waals surface area contributed by atoms with Crippen molar-refractivity contribution in [1.29, 1.82) is 0 Å². The Bertz CT molecular complexity index is 757. The number of halogens is 3. The summed E-state index contributed by atoms with van der Waals surface area (Å²) in [6.45, 7) is 3.57. The zero-order valence-electron chi connectivity index (χ0n) is 11.8. The molecule has 0 saturated heterocycles. The summed E-state index contributed by atoms with van der Waals surface area (Å²) < 4.78 is 42.3. The third kappa shape index (κ3) is 3.79. The molecule has 0 amide bonds. The minimum Gasteiger partial charge on any atom is -0.406 e. The lowest BCUT2D eigenvalue weighted by Gasteiger charge is -2.09. The molecule has 0 radical (unpaired) electrons. The Hall–Kier alpha value is -2.03. The number of hydrogen-bond acceptors (Lipinski definition) is 4. The summed E-state index contributed by atoms with van der Waals surface area (Å²) in [5.41, 5.74) is 0.100. The molecule has 1 heterocycles. The predicted molar refractivity (Wildman–Crippen MR) is 75.5 cm³/mol. The molecule has 0 atom stereocenters. The van der Waals surface area contributed by atoms with E-state index >= 15 is 0 Å². The largest absolute Gasteiger partial charge is 0.573 e.